The fraction of sp³-hybridized carbons (Fsp3) is 0.312. The molecule has 108 valence electrons. The van der Waals surface area contributed by atoms with E-state index < -0.39 is 0 Å². The van der Waals surface area contributed by atoms with Crippen LogP contribution in [0.1, 0.15) is 19.8 Å². The largest absolute Gasteiger partial charge is 0.326 e. The lowest BCUT2D eigenvalue weighted by Crippen LogP contribution is -2.30. The standard InChI is InChI=1S/C16H16N2O3/c1-10(19)17-11-6-8-12(9-7-11)18-15(20)13-4-2-3-5-14(13)16(18)21/h2-3,6-9,13-14H,4-5H2,1H3,(H,17,19)/t13-,14-/m1/s1. The molecule has 1 N–H and O–H groups in total. The lowest BCUT2D eigenvalue weighted by Gasteiger charge is -2.15. The molecule has 2 aliphatic rings. The minimum atomic E-state index is -0.225. The van der Waals surface area contributed by atoms with E-state index in [0.717, 1.165) is 0 Å². The molecule has 1 aromatic carbocycles. The van der Waals surface area contributed by atoms with Crippen molar-refractivity contribution in [2.45, 2.75) is 19.8 Å². The number of carbonyl (C=O) groups is 3. The highest BCUT2D eigenvalue weighted by molar-refractivity contribution is 6.22. The van der Waals surface area contributed by atoms with Crippen LogP contribution in [0.4, 0.5) is 11.4 Å². The van der Waals surface area contributed by atoms with Gasteiger partial charge in [0.2, 0.25) is 17.7 Å². The van der Waals surface area contributed by atoms with Crippen LogP contribution in [0.3, 0.4) is 0 Å². The predicted molar refractivity (Wildman–Crippen MR) is 78.6 cm³/mol. The third-order valence-corrected chi connectivity index (χ3v) is 3.95. The number of amides is 3. The van der Waals surface area contributed by atoms with Crippen LogP contribution in [-0.4, -0.2) is 17.7 Å². The molecule has 0 unspecified atom stereocenters. The van der Waals surface area contributed by atoms with Crippen LogP contribution >= 0.6 is 0 Å². The van der Waals surface area contributed by atoms with Gasteiger partial charge in [-0.2, -0.15) is 0 Å². The van der Waals surface area contributed by atoms with E-state index in [1.54, 1.807) is 24.3 Å². The molecule has 1 fully saturated rings. The highest BCUT2D eigenvalue weighted by atomic mass is 16.2. The average molecular weight is 284 g/mol. The maximum atomic E-state index is 12.4. The second kappa shape index (κ2) is 5.16. The number of carbonyl (C=O) groups excluding carboxylic acids is 3. The molecule has 0 aromatic heterocycles. The summed E-state index contributed by atoms with van der Waals surface area (Å²) < 4.78 is 0. The maximum Gasteiger partial charge on any atom is 0.238 e. The summed E-state index contributed by atoms with van der Waals surface area (Å²) in [4.78, 5) is 37.1. The lowest BCUT2D eigenvalue weighted by molar-refractivity contribution is -0.122. The molecule has 5 heteroatoms. The number of allylic oxidation sites excluding steroid dienone is 2. The van der Waals surface area contributed by atoms with Gasteiger partial charge >= 0.3 is 0 Å². The summed E-state index contributed by atoms with van der Waals surface area (Å²) in [6.45, 7) is 1.43. The zero-order chi connectivity index (χ0) is 15.0. The molecule has 1 aromatic rings. The SMILES string of the molecule is CC(=O)Nc1ccc(N2C(=O)[C@@H]3CC=CC[C@H]3C2=O)cc1. The number of anilines is 2. The first-order valence-corrected chi connectivity index (χ1v) is 6.98. The van der Waals surface area contributed by atoms with E-state index in [-0.39, 0.29) is 29.6 Å². The second-order valence-electron chi connectivity index (χ2n) is 5.40. The first-order valence-electron chi connectivity index (χ1n) is 6.98. The molecule has 0 spiro atoms. The molecule has 5 nitrogen and oxygen atoms in total. The number of nitrogens with zero attached hydrogens (tertiary/aromatic N) is 1. The molecular formula is C16H16N2O3. The molecule has 1 aliphatic carbocycles. The Balaban J connectivity index is 1.85. The van der Waals surface area contributed by atoms with Gasteiger partial charge in [-0.05, 0) is 37.1 Å². The molecule has 2 atom stereocenters. The number of rotatable bonds is 2. The fourth-order valence-corrected chi connectivity index (χ4v) is 2.95. The Bertz CT molecular complexity index is 607. The molecule has 21 heavy (non-hydrogen) atoms. The lowest BCUT2D eigenvalue weighted by atomic mass is 9.85. The summed E-state index contributed by atoms with van der Waals surface area (Å²) in [5.74, 6) is -0.855. The predicted octanol–water partition coefficient (Wildman–Crippen LogP) is 2.10. The molecule has 1 heterocycles. The van der Waals surface area contributed by atoms with Gasteiger partial charge in [-0.25, -0.2) is 0 Å². The average Bonchev–Trinajstić information content (AvgIpc) is 2.72. The van der Waals surface area contributed by atoms with Crippen molar-refractivity contribution in [1.29, 1.82) is 0 Å². The third-order valence-electron chi connectivity index (χ3n) is 3.95. The fourth-order valence-electron chi connectivity index (χ4n) is 2.95. The first kappa shape index (κ1) is 13.5. The van der Waals surface area contributed by atoms with Gasteiger partial charge in [-0.3, -0.25) is 19.3 Å². The van der Waals surface area contributed by atoms with Crippen LogP contribution < -0.4 is 10.2 Å². The van der Waals surface area contributed by atoms with Crippen LogP contribution in [0.25, 0.3) is 0 Å². The second-order valence-corrected chi connectivity index (χ2v) is 5.40. The van der Waals surface area contributed by atoms with Gasteiger partial charge in [0.05, 0.1) is 17.5 Å². The number of hydrogen-bond acceptors (Lipinski definition) is 3. The number of nitrogens with one attached hydrogen (secondary N) is 1. The molecular weight excluding hydrogens is 268 g/mol. The van der Waals surface area contributed by atoms with Crippen molar-refractivity contribution in [3.8, 4) is 0 Å². The zero-order valence-electron chi connectivity index (χ0n) is 11.7. The van der Waals surface area contributed by atoms with Crippen molar-refractivity contribution in [3.63, 3.8) is 0 Å². The van der Waals surface area contributed by atoms with Crippen molar-refractivity contribution >= 4 is 29.1 Å². The zero-order valence-corrected chi connectivity index (χ0v) is 11.7. The van der Waals surface area contributed by atoms with Crippen LogP contribution in [0.15, 0.2) is 36.4 Å². The maximum absolute atomic E-state index is 12.4. The first-order chi connectivity index (χ1) is 10.1. The van der Waals surface area contributed by atoms with Crippen molar-refractivity contribution in [1.82, 2.24) is 0 Å². The quantitative estimate of drug-likeness (QED) is 0.668. The van der Waals surface area contributed by atoms with Gasteiger partial charge in [0.15, 0.2) is 0 Å². The van der Waals surface area contributed by atoms with Gasteiger partial charge in [-0.15, -0.1) is 0 Å². The summed E-state index contributed by atoms with van der Waals surface area (Å²) in [5, 5.41) is 2.66. The van der Waals surface area contributed by atoms with E-state index in [1.165, 1.54) is 11.8 Å². The van der Waals surface area contributed by atoms with Crippen LogP contribution in [0.2, 0.25) is 0 Å². The molecule has 0 saturated carbocycles. The molecule has 3 rings (SSSR count). The van der Waals surface area contributed by atoms with E-state index in [2.05, 4.69) is 5.32 Å². The van der Waals surface area contributed by atoms with Crippen LogP contribution in [-0.2, 0) is 14.4 Å². The number of hydrogen-bond donors (Lipinski definition) is 1. The van der Waals surface area contributed by atoms with Crippen molar-refractivity contribution in [3.05, 3.63) is 36.4 Å². The Labute approximate surface area is 122 Å². The normalized spacial score (nSPS) is 24.1. The van der Waals surface area contributed by atoms with E-state index >= 15 is 0 Å². The summed E-state index contributed by atoms with van der Waals surface area (Å²) in [5.41, 5.74) is 1.21. The summed E-state index contributed by atoms with van der Waals surface area (Å²) in [6, 6.07) is 6.76. The van der Waals surface area contributed by atoms with E-state index in [9.17, 15) is 14.4 Å². The summed E-state index contributed by atoms with van der Waals surface area (Å²) in [6.07, 6.45) is 5.21. The molecule has 1 aliphatic heterocycles. The van der Waals surface area contributed by atoms with E-state index in [1.807, 2.05) is 12.2 Å². The van der Waals surface area contributed by atoms with Gasteiger partial charge < -0.3 is 5.32 Å². The van der Waals surface area contributed by atoms with Gasteiger partial charge in [0, 0.05) is 12.6 Å². The van der Waals surface area contributed by atoms with Gasteiger partial charge in [0.1, 0.15) is 0 Å². The Hall–Kier alpha value is -2.43. The van der Waals surface area contributed by atoms with Gasteiger partial charge in [0.25, 0.3) is 0 Å². The third kappa shape index (κ3) is 2.35. The number of fused-ring (bicyclic) bond motifs is 1. The van der Waals surface area contributed by atoms with Crippen LogP contribution in [0.5, 0.6) is 0 Å². The van der Waals surface area contributed by atoms with Crippen molar-refractivity contribution < 1.29 is 14.4 Å². The molecule has 0 bridgehead atoms. The summed E-state index contributed by atoms with van der Waals surface area (Å²) in [7, 11) is 0. The summed E-state index contributed by atoms with van der Waals surface area (Å²) >= 11 is 0. The van der Waals surface area contributed by atoms with Crippen LogP contribution in [0, 0.1) is 11.8 Å². The molecule has 1 saturated heterocycles. The molecule has 3 amide bonds. The number of benzene rings is 1. The Morgan fingerprint density at radius 2 is 1.57 bits per heavy atom. The van der Waals surface area contributed by atoms with E-state index in [0.29, 0.717) is 24.2 Å². The minimum Gasteiger partial charge on any atom is -0.326 e. The highest BCUT2D eigenvalue weighted by Gasteiger charge is 2.47. The van der Waals surface area contributed by atoms with Crippen molar-refractivity contribution in [2.24, 2.45) is 11.8 Å². The topological polar surface area (TPSA) is 66.5 Å². The van der Waals surface area contributed by atoms with E-state index in [4.69, 9.17) is 0 Å². The van der Waals surface area contributed by atoms with Crippen molar-refractivity contribution in [2.75, 3.05) is 10.2 Å². The Morgan fingerprint density at radius 3 is 2.05 bits per heavy atom. The monoisotopic (exact) mass is 284 g/mol. The Kier molecular flexibility index (Phi) is 3.33. The highest BCUT2D eigenvalue weighted by Crippen LogP contribution is 2.37. The molecule has 0 radical (unpaired) electrons. The van der Waals surface area contributed by atoms with Gasteiger partial charge in [-0.1, -0.05) is 12.2 Å². The smallest absolute Gasteiger partial charge is 0.238 e. The Morgan fingerprint density at radius 1 is 1.05 bits per heavy atom. The number of imide groups is 1. The minimum absolute atomic E-state index is 0.123.